The molecule has 0 atom stereocenters. The summed E-state index contributed by atoms with van der Waals surface area (Å²) in [5.41, 5.74) is 9.15. The lowest BCUT2D eigenvalue weighted by Crippen LogP contribution is -2.09. The number of nitrogens with two attached hydrogens (primary N) is 1. The summed E-state index contributed by atoms with van der Waals surface area (Å²) in [6.07, 6.45) is 2.05. The lowest BCUT2D eigenvalue weighted by molar-refractivity contribution is 0.355. The molecule has 0 aliphatic heterocycles. The van der Waals surface area contributed by atoms with Crippen molar-refractivity contribution in [2.45, 2.75) is 25.9 Å². The van der Waals surface area contributed by atoms with Crippen molar-refractivity contribution in [1.29, 1.82) is 0 Å². The third-order valence-electron chi connectivity index (χ3n) is 4.21. The summed E-state index contributed by atoms with van der Waals surface area (Å²) >= 11 is 0. The second-order valence-electron chi connectivity index (χ2n) is 5.67. The Morgan fingerprint density at radius 3 is 2.42 bits per heavy atom. The van der Waals surface area contributed by atoms with Crippen LogP contribution in [0.15, 0.2) is 42.5 Å². The fourth-order valence-electron chi connectivity index (χ4n) is 2.99. The predicted octanol–water partition coefficient (Wildman–Crippen LogP) is 3.15. The Labute approximate surface area is 142 Å². The van der Waals surface area contributed by atoms with Crippen molar-refractivity contribution in [3.8, 4) is 11.5 Å². The summed E-state index contributed by atoms with van der Waals surface area (Å²) in [6.45, 7) is 1.28. The normalized spacial score (nSPS) is 11.0. The maximum atomic E-state index is 5.89. The Morgan fingerprint density at radius 1 is 1.04 bits per heavy atom. The average Bonchev–Trinajstić information content (AvgIpc) is 2.98. The number of hydrogen-bond donors (Lipinski definition) is 1. The van der Waals surface area contributed by atoms with Gasteiger partial charge in [-0.05, 0) is 18.4 Å². The number of benzene rings is 2. The van der Waals surface area contributed by atoms with Gasteiger partial charge in [0.1, 0.15) is 5.82 Å². The minimum Gasteiger partial charge on any atom is -0.493 e. The molecule has 5 heteroatoms. The largest absolute Gasteiger partial charge is 0.493 e. The molecule has 3 rings (SSSR count). The Kier molecular flexibility index (Phi) is 5.01. The molecule has 1 aromatic heterocycles. The van der Waals surface area contributed by atoms with E-state index in [0.717, 1.165) is 36.2 Å². The maximum Gasteiger partial charge on any atom is 0.163 e. The van der Waals surface area contributed by atoms with Crippen molar-refractivity contribution in [2.75, 3.05) is 14.2 Å². The first-order valence-corrected chi connectivity index (χ1v) is 8.12. The molecule has 5 nitrogen and oxygen atoms in total. The number of imidazole rings is 1. The highest BCUT2D eigenvalue weighted by molar-refractivity contribution is 5.80. The molecule has 24 heavy (non-hydrogen) atoms. The minimum atomic E-state index is 0.407. The predicted molar refractivity (Wildman–Crippen MR) is 95.5 cm³/mol. The molecule has 0 aliphatic rings. The van der Waals surface area contributed by atoms with Gasteiger partial charge in [0.25, 0.3) is 0 Å². The zero-order valence-corrected chi connectivity index (χ0v) is 14.2. The molecular weight excluding hydrogens is 302 g/mol. The smallest absolute Gasteiger partial charge is 0.163 e. The topological polar surface area (TPSA) is 62.3 Å². The van der Waals surface area contributed by atoms with Crippen LogP contribution in [-0.4, -0.2) is 23.8 Å². The molecule has 0 unspecified atom stereocenters. The Bertz CT molecular complexity index is 812. The third kappa shape index (κ3) is 3.21. The fourth-order valence-corrected chi connectivity index (χ4v) is 2.99. The molecule has 0 bridgehead atoms. The van der Waals surface area contributed by atoms with Gasteiger partial charge in [0.05, 0.1) is 31.8 Å². The third-order valence-corrected chi connectivity index (χ3v) is 4.21. The van der Waals surface area contributed by atoms with Gasteiger partial charge in [0.15, 0.2) is 11.5 Å². The van der Waals surface area contributed by atoms with Gasteiger partial charge >= 0.3 is 0 Å². The summed E-state index contributed by atoms with van der Waals surface area (Å²) in [6, 6.07) is 14.4. The van der Waals surface area contributed by atoms with Crippen molar-refractivity contribution >= 4 is 11.0 Å². The molecule has 0 amide bonds. The van der Waals surface area contributed by atoms with E-state index in [-0.39, 0.29) is 0 Å². The van der Waals surface area contributed by atoms with Gasteiger partial charge in [0, 0.05) is 18.7 Å². The number of rotatable bonds is 7. The van der Waals surface area contributed by atoms with Crippen LogP contribution in [0.5, 0.6) is 11.5 Å². The van der Waals surface area contributed by atoms with E-state index in [1.165, 1.54) is 5.56 Å². The maximum absolute atomic E-state index is 5.89. The van der Waals surface area contributed by atoms with Gasteiger partial charge in [-0.1, -0.05) is 30.3 Å². The number of fused-ring (bicyclic) bond motifs is 1. The summed E-state index contributed by atoms with van der Waals surface area (Å²) in [7, 11) is 3.27. The molecule has 3 aromatic rings. The number of methoxy groups -OCH3 is 2. The first-order valence-electron chi connectivity index (χ1n) is 8.12. The van der Waals surface area contributed by atoms with Crippen LogP contribution in [0.3, 0.4) is 0 Å². The van der Waals surface area contributed by atoms with Crippen LogP contribution in [0.2, 0.25) is 0 Å². The zero-order chi connectivity index (χ0) is 16.9. The highest BCUT2D eigenvalue weighted by Gasteiger charge is 2.14. The number of hydrogen-bond acceptors (Lipinski definition) is 4. The van der Waals surface area contributed by atoms with Crippen molar-refractivity contribution in [1.82, 2.24) is 9.55 Å². The number of aromatic nitrogens is 2. The van der Waals surface area contributed by atoms with Gasteiger partial charge < -0.3 is 19.8 Å². The molecule has 0 fully saturated rings. The Balaban J connectivity index is 1.88. The van der Waals surface area contributed by atoms with Gasteiger partial charge in [-0.25, -0.2) is 4.98 Å². The summed E-state index contributed by atoms with van der Waals surface area (Å²) < 4.78 is 13.0. The minimum absolute atomic E-state index is 0.407. The van der Waals surface area contributed by atoms with Crippen LogP contribution in [0.4, 0.5) is 0 Å². The van der Waals surface area contributed by atoms with Crippen molar-refractivity contribution in [3.63, 3.8) is 0 Å². The van der Waals surface area contributed by atoms with Gasteiger partial charge in [-0.15, -0.1) is 0 Å². The molecule has 0 spiro atoms. The molecule has 1 heterocycles. The van der Waals surface area contributed by atoms with E-state index in [4.69, 9.17) is 15.2 Å². The highest BCUT2D eigenvalue weighted by Crippen LogP contribution is 2.32. The number of nitrogens with zero attached hydrogens (tertiary/aromatic N) is 2. The monoisotopic (exact) mass is 325 g/mol. The first kappa shape index (κ1) is 16.3. The SMILES string of the molecule is COc1cc2nc(CN)n(CCCc3ccccc3)c2cc1OC. The van der Waals surface area contributed by atoms with Crippen molar-refractivity contribution < 1.29 is 9.47 Å². The van der Waals surface area contributed by atoms with E-state index in [0.29, 0.717) is 18.0 Å². The second-order valence-corrected chi connectivity index (χ2v) is 5.67. The second kappa shape index (κ2) is 7.36. The van der Waals surface area contributed by atoms with E-state index in [2.05, 4.69) is 33.8 Å². The van der Waals surface area contributed by atoms with Crippen molar-refractivity contribution in [2.24, 2.45) is 5.73 Å². The molecular formula is C19H23N3O2. The summed E-state index contributed by atoms with van der Waals surface area (Å²) in [5, 5.41) is 0. The van der Waals surface area contributed by atoms with E-state index in [1.807, 2.05) is 18.2 Å². The lowest BCUT2D eigenvalue weighted by atomic mass is 10.1. The van der Waals surface area contributed by atoms with E-state index >= 15 is 0 Å². The standard InChI is InChI=1S/C19H23N3O2/c1-23-17-11-15-16(12-18(17)24-2)22(19(13-20)21-15)10-6-9-14-7-4-3-5-8-14/h3-5,7-8,11-12H,6,9-10,13,20H2,1-2H3. The average molecular weight is 325 g/mol. The van der Waals surface area contributed by atoms with Gasteiger partial charge in [-0.2, -0.15) is 0 Å². The molecule has 126 valence electrons. The van der Waals surface area contributed by atoms with Crippen LogP contribution in [-0.2, 0) is 19.5 Å². The Hall–Kier alpha value is -2.53. The zero-order valence-electron chi connectivity index (χ0n) is 14.2. The first-order chi connectivity index (χ1) is 11.8. The quantitative estimate of drug-likeness (QED) is 0.725. The van der Waals surface area contributed by atoms with Crippen molar-refractivity contribution in [3.05, 3.63) is 53.9 Å². The Morgan fingerprint density at radius 2 is 1.75 bits per heavy atom. The van der Waals surface area contributed by atoms with Crippen LogP contribution in [0, 0.1) is 0 Å². The van der Waals surface area contributed by atoms with Crippen LogP contribution < -0.4 is 15.2 Å². The van der Waals surface area contributed by atoms with Crippen LogP contribution in [0.25, 0.3) is 11.0 Å². The molecule has 2 aromatic carbocycles. The number of ether oxygens (including phenoxy) is 2. The van der Waals surface area contributed by atoms with Crippen LogP contribution in [0.1, 0.15) is 17.8 Å². The van der Waals surface area contributed by atoms with E-state index in [9.17, 15) is 0 Å². The van der Waals surface area contributed by atoms with E-state index < -0.39 is 0 Å². The highest BCUT2D eigenvalue weighted by atomic mass is 16.5. The fraction of sp³-hybridized carbons (Fsp3) is 0.316. The number of aryl methyl sites for hydroxylation is 2. The lowest BCUT2D eigenvalue weighted by Gasteiger charge is -2.10. The molecule has 0 aliphatic carbocycles. The summed E-state index contributed by atoms with van der Waals surface area (Å²) in [5.74, 6) is 2.27. The molecule has 0 radical (unpaired) electrons. The molecule has 0 saturated heterocycles. The van der Waals surface area contributed by atoms with Gasteiger partial charge in [0.2, 0.25) is 0 Å². The van der Waals surface area contributed by atoms with E-state index in [1.54, 1.807) is 14.2 Å². The van der Waals surface area contributed by atoms with Gasteiger partial charge in [-0.3, -0.25) is 0 Å². The van der Waals surface area contributed by atoms with Crippen LogP contribution >= 0.6 is 0 Å². The summed E-state index contributed by atoms with van der Waals surface area (Å²) in [4.78, 5) is 4.64. The molecule has 0 saturated carbocycles. The molecule has 2 N–H and O–H groups in total.